The van der Waals surface area contributed by atoms with Gasteiger partial charge in [0.15, 0.2) is 0 Å². The van der Waals surface area contributed by atoms with Crippen molar-refractivity contribution in [3.8, 4) is 5.75 Å². The van der Waals surface area contributed by atoms with Gasteiger partial charge in [0, 0.05) is 24.2 Å². The predicted octanol–water partition coefficient (Wildman–Crippen LogP) is 4.34. The van der Waals surface area contributed by atoms with Crippen LogP contribution >= 0.6 is 0 Å². The number of nitrogens with zero attached hydrogens (tertiary/aromatic N) is 1. The highest BCUT2D eigenvalue weighted by molar-refractivity contribution is 5.94. The Labute approximate surface area is 192 Å². The molecule has 6 nitrogen and oxygen atoms in total. The average molecular weight is 443 g/mol. The number of piperidine rings is 1. The number of aldehydes is 1. The summed E-state index contributed by atoms with van der Waals surface area (Å²) in [6.45, 7) is 1.12. The first-order valence-corrected chi connectivity index (χ1v) is 10.9. The number of rotatable bonds is 7. The number of hydrogen-bond acceptors (Lipinski definition) is 4. The van der Waals surface area contributed by atoms with Crippen molar-refractivity contribution in [2.45, 2.75) is 24.9 Å². The van der Waals surface area contributed by atoms with Gasteiger partial charge in [-0.05, 0) is 48.2 Å². The Balaban J connectivity index is 1.36. The third-order valence-corrected chi connectivity index (χ3v) is 6.26. The van der Waals surface area contributed by atoms with E-state index < -0.39 is 11.4 Å². The Bertz CT molecular complexity index is 1120. The second-order valence-electron chi connectivity index (χ2n) is 8.22. The molecule has 0 aliphatic carbocycles. The molecule has 0 saturated carbocycles. The zero-order valence-electron chi connectivity index (χ0n) is 18.1. The maximum atomic E-state index is 13.0. The fourth-order valence-electron chi connectivity index (χ4n) is 4.21. The van der Waals surface area contributed by atoms with Gasteiger partial charge < -0.3 is 14.7 Å². The van der Waals surface area contributed by atoms with Gasteiger partial charge in [0.05, 0.1) is 5.41 Å². The zero-order valence-corrected chi connectivity index (χ0v) is 18.1. The van der Waals surface area contributed by atoms with Gasteiger partial charge >= 0.3 is 5.97 Å². The van der Waals surface area contributed by atoms with E-state index >= 15 is 0 Å². The van der Waals surface area contributed by atoms with Crippen LogP contribution in [0.3, 0.4) is 0 Å². The summed E-state index contributed by atoms with van der Waals surface area (Å²) in [5, 5.41) is 9.94. The van der Waals surface area contributed by atoms with Crippen molar-refractivity contribution in [3.05, 3.63) is 101 Å². The largest absolute Gasteiger partial charge is 0.489 e. The third kappa shape index (κ3) is 4.80. The maximum absolute atomic E-state index is 13.0. The first kappa shape index (κ1) is 22.3. The molecule has 33 heavy (non-hydrogen) atoms. The number of ether oxygens (including phenoxy) is 1. The van der Waals surface area contributed by atoms with Crippen molar-refractivity contribution in [3.63, 3.8) is 0 Å². The summed E-state index contributed by atoms with van der Waals surface area (Å²) in [6, 6.07) is 23.4. The molecule has 3 aromatic carbocycles. The molecule has 0 spiro atoms. The number of carbonyl (C=O) groups is 3. The molecular formula is C27H25NO5. The van der Waals surface area contributed by atoms with Crippen molar-refractivity contribution < 1.29 is 24.2 Å². The quantitative estimate of drug-likeness (QED) is 0.550. The van der Waals surface area contributed by atoms with Gasteiger partial charge in [-0.1, -0.05) is 54.6 Å². The molecule has 1 saturated heterocycles. The molecular weight excluding hydrogens is 418 g/mol. The topological polar surface area (TPSA) is 83.9 Å². The van der Waals surface area contributed by atoms with Crippen LogP contribution in [-0.2, 0) is 16.8 Å². The molecule has 6 heteroatoms. The van der Waals surface area contributed by atoms with Crippen LogP contribution in [0.25, 0.3) is 0 Å². The molecule has 4 rings (SSSR count). The molecule has 3 aromatic rings. The lowest BCUT2D eigenvalue weighted by Gasteiger charge is -2.39. The van der Waals surface area contributed by atoms with E-state index in [1.165, 1.54) is 0 Å². The summed E-state index contributed by atoms with van der Waals surface area (Å²) in [6.07, 6.45) is 1.55. The Morgan fingerprint density at radius 3 is 2.12 bits per heavy atom. The predicted molar refractivity (Wildman–Crippen MR) is 123 cm³/mol. The lowest BCUT2D eigenvalue weighted by molar-refractivity contribution is -0.145. The standard InChI is InChI=1S/C27H25NO5/c29-18-20-6-8-21(9-7-20)19-33-24-12-10-22(11-13-24)25(30)28-16-14-27(15-17-28,26(31)32)23-4-2-1-3-5-23/h1-13,18H,14-17,19H2,(H,31,32). The SMILES string of the molecule is O=Cc1ccc(COc2ccc(C(=O)N3CCC(C(=O)O)(c4ccccc4)CC3)cc2)cc1. The molecule has 1 amide bonds. The van der Waals surface area contributed by atoms with E-state index in [0.29, 0.717) is 49.4 Å². The van der Waals surface area contributed by atoms with Gasteiger partial charge in [-0.2, -0.15) is 0 Å². The second kappa shape index (κ2) is 9.69. The minimum atomic E-state index is -0.959. The molecule has 0 atom stereocenters. The van der Waals surface area contributed by atoms with Gasteiger partial charge in [-0.3, -0.25) is 14.4 Å². The molecule has 1 fully saturated rings. The smallest absolute Gasteiger partial charge is 0.314 e. The van der Waals surface area contributed by atoms with E-state index in [-0.39, 0.29) is 5.91 Å². The van der Waals surface area contributed by atoms with Crippen LogP contribution in [0.1, 0.15) is 44.7 Å². The van der Waals surface area contributed by atoms with Crippen molar-refractivity contribution in [1.82, 2.24) is 4.90 Å². The van der Waals surface area contributed by atoms with Gasteiger partial charge in [-0.25, -0.2) is 0 Å². The van der Waals surface area contributed by atoms with Crippen LogP contribution in [0.5, 0.6) is 5.75 Å². The minimum Gasteiger partial charge on any atom is -0.489 e. The minimum absolute atomic E-state index is 0.113. The summed E-state index contributed by atoms with van der Waals surface area (Å²) >= 11 is 0. The summed E-state index contributed by atoms with van der Waals surface area (Å²) in [5.74, 6) is -0.320. The van der Waals surface area contributed by atoms with E-state index in [9.17, 15) is 19.5 Å². The number of likely N-dealkylation sites (tertiary alicyclic amines) is 1. The lowest BCUT2D eigenvalue weighted by Crippen LogP contribution is -2.49. The van der Waals surface area contributed by atoms with Gasteiger partial charge in [0.1, 0.15) is 18.6 Å². The number of carbonyl (C=O) groups excluding carboxylic acids is 2. The summed E-state index contributed by atoms with van der Waals surface area (Å²) in [7, 11) is 0. The van der Waals surface area contributed by atoms with Crippen molar-refractivity contribution in [2.75, 3.05) is 13.1 Å². The van der Waals surface area contributed by atoms with Crippen LogP contribution in [0.15, 0.2) is 78.9 Å². The molecule has 0 radical (unpaired) electrons. The fraction of sp³-hybridized carbons (Fsp3) is 0.222. The van der Waals surface area contributed by atoms with Crippen LogP contribution in [0.4, 0.5) is 0 Å². The van der Waals surface area contributed by atoms with Gasteiger partial charge in [0.2, 0.25) is 0 Å². The second-order valence-corrected chi connectivity index (χ2v) is 8.22. The molecule has 0 unspecified atom stereocenters. The number of carboxylic acids is 1. The van der Waals surface area contributed by atoms with Crippen LogP contribution in [-0.4, -0.2) is 41.3 Å². The molecule has 1 N–H and O–H groups in total. The molecule has 1 heterocycles. The molecule has 1 aliphatic heterocycles. The van der Waals surface area contributed by atoms with Crippen molar-refractivity contribution in [2.24, 2.45) is 0 Å². The summed E-state index contributed by atoms with van der Waals surface area (Å²) in [5.41, 5.74) is 1.92. The van der Waals surface area contributed by atoms with Gasteiger partial charge in [0.25, 0.3) is 5.91 Å². The third-order valence-electron chi connectivity index (χ3n) is 6.26. The van der Waals surface area contributed by atoms with Crippen molar-refractivity contribution >= 4 is 18.2 Å². The highest BCUT2D eigenvalue weighted by Gasteiger charge is 2.43. The normalized spacial score (nSPS) is 15.0. The number of hydrogen-bond donors (Lipinski definition) is 1. The molecule has 1 aliphatic rings. The maximum Gasteiger partial charge on any atom is 0.314 e. The molecule has 0 aromatic heterocycles. The Morgan fingerprint density at radius 1 is 0.909 bits per heavy atom. The molecule has 168 valence electrons. The summed E-state index contributed by atoms with van der Waals surface area (Å²) in [4.78, 5) is 37.6. The summed E-state index contributed by atoms with van der Waals surface area (Å²) < 4.78 is 5.77. The average Bonchev–Trinajstić information content (AvgIpc) is 2.88. The highest BCUT2D eigenvalue weighted by atomic mass is 16.5. The van der Waals surface area contributed by atoms with E-state index in [2.05, 4.69) is 0 Å². The fourth-order valence-corrected chi connectivity index (χ4v) is 4.21. The Hall–Kier alpha value is -3.93. The first-order chi connectivity index (χ1) is 16.0. The van der Waals surface area contributed by atoms with Gasteiger partial charge in [-0.15, -0.1) is 0 Å². The van der Waals surface area contributed by atoms with Crippen molar-refractivity contribution in [1.29, 1.82) is 0 Å². The van der Waals surface area contributed by atoms with E-state index in [0.717, 1.165) is 17.4 Å². The van der Waals surface area contributed by atoms with E-state index in [1.807, 2.05) is 42.5 Å². The van der Waals surface area contributed by atoms with Crippen LogP contribution in [0.2, 0.25) is 0 Å². The number of amides is 1. The first-order valence-electron chi connectivity index (χ1n) is 10.9. The number of benzene rings is 3. The zero-order chi connectivity index (χ0) is 23.3. The Morgan fingerprint density at radius 2 is 1.55 bits per heavy atom. The number of aliphatic carboxylic acids is 1. The highest BCUT2D eigenvalue weighted by Crippen LogP contribution is 2.36. The molecule has 0 bridgehead atoms. The monoisotopic (exact) mass is 443 g/mol. The lowest BCUT2D eigenvalue weighted by atomic mass is 9.73. The van der Waals surface area contributed by atoms with Crippen LogP contribution in [0, 0.1) is 0 Å². The van der Waals surface area contributed by atoms with E-state index in [4.69, 9.17) is 4.74 Å². The van der Waals surface area contributed by atoms with E-state index in [1.54, 1.807) is 41.3 Å². The van der Waals surface area contributed by atoms with Crippen LogP contribution < -0.4 is 4.74 Å². The Kier molecular flexibility index (Phi) is 6.54. The number of carboxylic acid groups (broad SMARTS) is 1.